The molecule has 1 heterocycles. The molecule has 0 aliphatic rings. The second-order valence-corrected chi connectivity index (χ2v) is 8.14. The molecule has 0 unspecified atom stereocenters. The minimum absolute atomic E-state index is 0.00225. The number of nitrogens with one attached hydrogen (secondary N) is 1. The molecule has 0 aliphatic heterocycles. The molecule has 0 fully saturated rings. The molecule has 33 heavy (non-hydrogen) atoms. The van der Waals surface area contributed by atoms with Crippen LogP contribution in [0.2, 0.25) is 0 Å². The van der Waals surface area contributed by atoms with E-state index < -0.39 is 0 Å². The third kappa shape index (κ3) is 8.04. The highest BCUT2D eigenvalue weighted by Gasteiger charge is 2.24. The van der Waals surface area contributed by atoms with E-state index in [9.17, 15) is 9.59 Å². The zero-order valence-electron chi connectivity index (χ0n) is 20.4. The normalized spacial score (nSPS) is 10.7. The lowest BCUT2D eigenvalue weighted by atomic mass is 10.1. The number of amides is 3. The first kappa shape index (κ1) is 26.1. The molecule has 0 bridgehead atoms. The number of ether oxygens (including phenoxy) is 2. The number of benzene rings is 1. The molecule has 8 nitrogen and oxygen atoms in total. The van der Waals surface area contributed by atoms with E-state index in [1.165, 1.54) is 0 Å². The van der Waals surface area contributed by atoms with Crippen molar-refractivity contribution in [1.29, 1.82) is 0 Å². The minimum atomic E-state index is -0.218. The van der Waals surface area contributed by atoms with E-state index in [0.29, 0.717) is 43.3 Å². The van der Waals surface area contributed by atoms with Crippen LogP contribution in [-0.4, -0.2) is 61.6 Å². The Bertz CT molecular complexity index is 867. The number of unbranched alkanes of at least 4 members (excludes halogenated alkanes) is 1. The SMILES string of the molecule is CCCCNC(=O)N(CC(=O)N(CCc1ccc(OC)c(OC)c1)Cc1ccco1)C(C)C. The molecule has 1 aromatic carbocycles. The lowest BCUT2D eigenvalue weighted by molar-refractivity contribution is -0.133. The van der Waals surface area contributed by atoms with Gasteiger partial charge in [0.25, 0.3) is 0 Å². The van der Waals surface area contributed by atoms with Crippen molar-refractivity contribution in [3.8, 4) is 11.5 Å². The third-order valence-electron chi connectivity index (χ3n) is 5.39. The van der Waals surface area contributed by atoms with Gasteiger partial charge in [-0.1, -0.05) is 19.4 Å². The molecule has 182 valence electrons. The first-order chi connectivity index (χ1) is 15.9. The second-order valence-electron chi connectivity index (χ2n) is 8.14. The Morgan fingerprint density at radius 2 is 1.88 bits per heavy atom. The molecule has 1 aromatic heterocycles. The minimum Gasteiger partial charge on any atom is -0.493 e. The van der Waals surface area contributed by atoms with Gasteiger partial charge in [-0.25, -0.2) is 4.79 Å². The summed E-state index contributed by atoms with van der Waals surface area (Å²) in [5.74, 6) is 1.87. The molecule has 3 amide bonds. The van der Waals surface area contributed by atoms with Gasteiger partial charge in [-0.2, -0.15) is 0 Å². The Hall–Kier alpha value is -3.16. The van der Waals surface area contributed by atoms with Crippen LogP contribution in [0.3, 0.4) is 0 Å². The van der Waals surface area contributed by atoms with Crippen molar-refractivity contribution < 1.29 is 23.5 Å². The van der Waals surface area contributed by atoms with Crippen molar-refractivity contribution >= 4 is 11.9 Å². The van der Waals surface area contributed by atoms with E-state index in [1.54, 1.807) is 36.3 Å². The summed E-state index contributed by atoms with van der Waals surface area (Å²) in [6.45, 7) is 7.30. The Labute approximate surface area is 196 Å². The van der Waals surface area contributed by atoms with Crippen LogP contribution < -0.4 is 14.8 Å². The van der Waals surface area contributed by atoms with Crippen molar-refractivity contribution in [1.82, 2.24) is 15.1 Å². The number of furan rings is 1. The summed E-state index contributed by atoms with van der Waals surface area (Å²) >= 11 is 0. The van der Waals surface area contributed by atoms with Crippen LogP contribution in [0.1, 0.15) is 44.9 Å². The van der Waals surface area contributed by atoms with Crippen LogP contribution in [0.5, 0.6) is 11.5 Å². The van der Waals surface area contributed by atoms with Crippen molar-refractivity contribution in [3.05, 3.63) is 47.9 Å². The Morgan fingerprint density at radius 3 is 2.48 bits per heavy atom. The van der Waals surface area contributed by atoms with Gasteiger partial charge in [0.1, 0.15) is 12.3 Å². The number of methoxy groups -OCH3 is 2. The summed E-state index contributed by atoms with van der Waals surface area (Å²) in [5, 5.41) is 2.91. The maximum atomic E-state index is 13.3. The molecule has 0 aliphatic carbocycles. The number of urea groups is 1. The molecule has 2 rings (SSSR count). The molecule has 0 spiro atoms. The quantitative estimate of drug-likeness (QED) is 0.456. The maximum absolute atomic E-state index is 13.3. The summed E-state index contributed by atoms with van der Waals surface area (Å²) in [6.07, 6.45) is 4.11. The zero-order valence-corrected chi connectivity index (χ0v) is 20.4. The Morgan fingerprint density at radius 1 is 1.12 bits per heavy atom. The zero-order chi connectivity index (χ0) is 24.2. The molecular weight excluding hydrogens is 422 g/mol. The largest absolute Gasteiger partial charge is 0.493 e. The van der Waals surface area contributed by atoms with Gasteiger partial charge in [-0.15, -0.1) is 0 Å². The van der Waals surface area contributed by atoms with Gasteiger partial charge in [0, 0.05) is 19.1 Å². The summed E-state index contributed by atoms with van der Waals surface area (Å²) in [4.78, 5) is 29.2. The molecule has 2 aromatic rings. The maximum Gasteiger partial charge on any atom is 0.318 e. The van der Waals surface area contributed by atoms with Gasteiger partial charge >= 0.3 is 6.03 Å². The third-order valence-corrected chi connectivity index (χ3v) is 5.39. The highest BCUT2D eigenvalue weighted by atomic mass is 16.5. The van der Waals surface area contributed by atoms with Gasteiger partial charge < -0.3 is 29.0 Å². The number of nitrogens with zero attached hydrogens (tertiary/aromatic N) is 2. The molecule has 0 saturated carbocycles. The molecule has 1 N–H and O–H groups in total. The van der Waals surface area contributed by atoms with E-state index in [2.05, 4.69) is 12.2 Å². The van der Waals surface area contributed by atoms with Crippen LogP contribution >= 0.6 is 0 Å². The van der Waals surface area contributed by atoms with E-state index in [0.717, 1.165) is 18.4 Å². The predicted molar refractivity (Wildman–Crippen MR) is 128 cm³/mol. The monoisotopic (exact) mass is 459 g/mol. The second kappa shape index (κ2) is 13.4. The van der Waals surface area contributed by atoms with E-state index in [1.807, 2.05) is 38.1 Å². The van der Waals surface area contributed by atoms with Crippen molar-refractivity contribution in [2.24, 2.45) is 0 Å². The first-order valence-corrected chi connectivity index (χ1v) is 11.4. The predicted octanol–water partition coefficient (Wildman–Crippen LogP) is 4.09. The first-order valence-electron chi connectivity index (χ1n) is 11.4. The molecular formula is C25H37N3O5. The molecule has 8 heteroatoms. The van der Waals surface area contributed by atoms with Crippen LogP contribution in [0.4, 0.5) is 4.79 Å². The summed E-state index contributed by atoms with van der Waals surface area (Å²) < 4.78 is 16.2. The Balaban J connectivity index is 2.11. The number of carbonyl (C=O) groups excluding carboxylic acids is 2. The van der Waals surface area contributed by atoms with E-state index in [4.69, 9.17) is 13.9 Å². The summed E-state index contributed by atoms with van der Waals surface area (Å²) in [5.41, 5.74) is 1.02. The van der Waals surface area contributed by atoms with Gasteiger partial charge in [0.15, 0.2) is 11.5 Å². The number of rotatable bonds is 13. The highest BCUT2D eigenvalue weighted by Crippen LogP contribution is 2.27. The fourth-order valence-electron chi connectivity index (χ4n) is 3.39. The Kier molecular flexibility index (Phi) is 10.6. The number of hydrogen-bond acceptors (Lipinski definition) is 5. The fourth-order valence-corrected chi connectivity index (χ4v) is 3.39. The standard InChI is InChI=1S/C25H37N3O5/c1-6-7-13-26-25(30)28(19(2)3)18-24(29)27(17-21-9-8-15-33-21)14-12-20-10-11-22(31-4)23(16-20)32-5/h8-11,15-16,19H,6-7,12-14,17-18H2,1-5H3,(H,26,30). The summed E-state index contributed by atoms with van der Waals surface area (Å²) in [7, 11) is 3.20. The number of carbonyl (C=O) groups is 2. The highest BCUT2D eigenvalue weighted by molar-refractivity contribution is 5.84. The van der Waals surface area contributed by atoms with Gasteiger partial charge in [-0.05, 0) is 56.5 Å². The number of hydrogen-bond donors (Lipinski definition) is 1. The molecule has 0 radical (unpaired) electrons. The average molecular weight is 460 g/mol. The van der Waals surface area contributed by atoms with Gasteiger partial charge in [0.2, 0.25) is 5.91 Å². The van der Waals surface area contributed by atoms with E-state index in [-0.39, 0.29) is 24.5 Å². The lowest BCUT2D eigenvalue weighted by Gasteiger charge is -2.30. The molecule has 0 atom stereocenters. The average Bonchev–Trinajstić information content (AvgIpc) is 3.32. The van der Waals surface area contributed by atoms with Crippen molar-refractivity contribution in [3.63, 3.8) is 0 Å². The van der Waals surface area contributed by atoms with Gasteiger partial charge in [-0.3, -0.25) is 4.79 Å². The van der Waals surface area contributed by atoms with Crippen molar-refractivity contribution in [2.75, 3.05) is 33.9 Å². The van der Waals surface area contributed by atoms with Crippen LogP contribution in [0, 0.1) is 0 Å². The van der Waals surface area contributed by atoms with E-state index >= 15 is 0 Å². The smallest absolute Gasteiger partial charge is 0.318 e. The van der Waals surface area contributed by atoms with Crippen LogP contribution in [-0.2, 0) is 17.8 Å². The fraction of sp³-hybridized carbons (Fsp3) is 0.520. The van der Waals surface area contributed by atoms with Crippen LogP contribution in [0.15, 0.2) is 41.0 Å². The summed E-state index contributed by atoms with van der Waals surface area (Å²) in [6, 6.07) is 9.04. The molecule has 0 saturated heterocycles. The van der Waals surface area contributed by atoms with Crippen molar-refractivity contribution in [2.45, 2.75) is 52.6 Å². The van der Waals surface area contributed by atoms with Gasteiger partial charge in [0.05, 0.1) is 27.0 Å². The topological polar surface area (TPSA) is 84.3 Å². The van der Waals surface area contributed by atoms with Crippen LogP contribution in [0.25, 0.3) is 0 Å². The lowest BCUT2D eigenvalue weighted by Crippen LogP contribution is -2.49.